The highest BCUT2D eigenvalue weighted by molar-refractivity contribution is 7.13. The highest BCUT2D eigenvalue weighted by atomic mass is 32.1. The molecule has 3 heterocycles. The number of nitrogens with zero attached hydrogens (tertiary/aromatic N) is 1. The van der Waals surface area contributed by atoms with E-state index >= 15 is 0 Å². The summed E-state index contributed by atoms with van der Waals surface area (Å²) in [5.41, 5.74) is -1.06. The Morgan fingerprint density at radius 3 is 3.18 bits per heavy atom. The third-order valence-electron chi connectivity index (χ3n) is 3.60. The second-order valence-electron chi connectivity index (χ2n) is 5.50. The molecule has 2 unspecified atom stereocenters. The first-order valence-corrected chi connectivity index (χ1v) is 8.88. The number of carbonyl (C=O) groups is 1. The Morgan fingerprint density at radius 2 is 2.50 bits per heavy atom. The molecule has 0 spiro atoms. The lowest BCUT2D eigenvalue weighted by Crippen LogP contribution is -2.37. The molecule has 2 N–H and O–H groups in total. The van der Waals surface area contributed by atoms with E-state index in [1.54, 1.807) is 13.1 Å². The van der Waals surface area contributed by atoms with Gasteiger partial charge in [0.25, 0.3) is 5.91 Å². The molecule has 3 rings (SSSR count). The van der Waals surface area contributed by atoms with Crippen molar-refractivity contribution < 1.29 is 14.6 Å². The molecule has 0 aliphatic carbocycles. The molecule has 22 heavy (non-hydrogen) atoms. The Labute approximate surface area is 137 Å². The van der Waals surface area contributed by atoms with Crippen molar-refractivity contribution in [2.75, 3.05) is 13.2 Å². The summed E-state index contributed by atoms with van der Waals surface area (Å²) in [4.78, 5) is 17.9. The van der Waals surface area contributed by atoms with Crippen LogP contribution in [0, 0.1) is 0 Å². The number of amides is 1. The minimum atomic E-state index is -1.06. The van der Waals surface area contributed by atoms with Gasteiger partial charge in [-0.25, -0.2) is 4.98 Å². The van der Waals surface area contributed by atoms with Crippen LogP contribution in [-0.4, -0.2) is 29.1 Å². The van der Waals surface area contributed by atoms with Gasteiger partial charge in [0.05, 0.1) is 12.7 Å². The average Bonchev–Trinajstić information content (AvgIpc) is 3.26. The number of thiophene rings is 1. The molecular weight excluding hydrogens is 320 g/mol. The fourth-order valence-corrected chi connectivity index (χ4v) is 4.03. The zero-order chi connectivity index (χ0) is 15.6. The topological polar surface area (TPSA) is 71.5 Å². The van der Waals surface area contributed by atoms with E-state index in [-0.39, 0.29) is 18.6 Å². The molecule has 0 aromatic carbocycles. The Balaban J connectivity index is 1.60. The van der Waals surface area contributed by atoms with Crippen molar-refractivity contribution in [1.82, 2.24) is 10.3 Å². The van der Waals surface area contributed by atoms with Gasteiger partial charge in [-0.2, -0.15) is 0 Å². The van der Waals surface area contributed by atoms with E-state index in [9.17, 15) is 9.90 Å². The van der Waals surface area contributed by atoms with Gasteiger partial charge in [0, 0.05) is 11.5 Å². The van der Waals surface area contributed by atoms with Crippen molar-refractivity contribution in [3.8, 4) is 0 Å². The maximum atomic E-state index is 12.2. The summed E-state index contributed by atoms with van der Waals surface area (Å²) in [5.74, 6) is -0.210. The van der Waals surface area contributed by atoms with E-state index in [0.29, 0.717) is 4.88 Å². The Hall–Kier alpha value is -1.28. The monoisotopic (exact) mass is 338 g/mol. The van der Waals surface area contributed by atoms with Gasteiger partial charge in [-0.05, 0) is 31.2 Å². The quantitative estimate of drug-likeness (QED) is 0.879. The molecule has 7 heteroatoms. The summed E-state index contributed by atoms with van der Waals surface area (Å²) in [6.45, 7) is 2.62. The maximum Gasteiger partial charge on any atom is 0.263 e. The first-order chi connectivity index (χ1) is 10.6. The molecule has 0 bridgehead atoms. The predicted octanol–water partition coefficient (Wildman–Crippen LogP) is 2.69. The summed E-state index contributed by atoms with van der Waals surface area (Å²) < 4.78 is 5.57. The largest absolute Gasteiger partial charge is 0.383 e. The third kappa shape index (κ3) is 3.38. The fourth-order valence-electron chi connectivity index (χ4n) is 2.33. The number of thiazole rings is 1. The third-order valence-corrected chi connectivity index (χ3v) is 5.81. The Morgan fingerprint density at radius 1 is 1.64 bits per heavy atom. The van der Waals surface area contributed by atoms with Gasteiger partial charge < -0.3 is 15.2 Å². The molecule has 5 nitrogen and oxygen atoms in total. The van der Waals surface area contributed by atoms with Crippen molar-refractivity contribution in [2.24, 2.45) is 0 Å². The molecule has 2 atom stereocenters. The first-order valence-electron chi connectivity index (χ1n) is 7.18. The Bertz CT molecular complexity index is 631. The Kier molecular flexibility index (Phi) is 4.58. The van der Waals surface area contributed by atoms with E-state index in [4.69, 9.17) is 4.74 Å². The number of hydrogen-bond acceptors (Lipinski definition) is 6. The van der Waals surface area contributed by atoms with E-state index in [2.05, 4.69) is 10.3 Å². The highest BCUT2D eigenvalue weighted by Gasteiger charge is 2.26. The number of ether oxygens (including phenoxy) is 1. The smallest absolute Gasteiger partial charge is 0.263 e. The van der Waals surface area contributed by atoms with Crippen LogP contribution in [0.3, 0.4) is 0 Å². The van der Waals surface area contributed by atoms with E-state index in [0.717, 1.165) is 29.3 Å². The van der Waals surface area contributed by atoms with Crippen LogP contribution in [0.1, 0.15) is 45.4 Å². The summed E-state index contributed by atoms with van der Waals surface area (Å²) in [7, 11) is 0. The molecule has 1 aliphatic rings. The number of rotatable bonds is 5. The molecule has 0 radical (unpaired) electrons. The molecule has 2 aromatic heterocycles. The van der Waals surface area contributed by atoms with Crippen molar-refractivity contribution in [3.63, 3.8) is 0 Å². The summed E-state index contributed by atoms with van der Waals surface area (Å²) in [5, 5.41) is 16.0. The van der Waals surface area contributed by atoms with Crippen LogP contribution in [0.15, 0.2) is 23.7 Å². The average molecular weight is 338 g/mol. The zero-order valence-corrected chi connectivity index (χ0v) is 13.9. The van der Waals surface area contributed by atoms with Crippen LogP contribution in [0.4, 0.5) is 0 Å². The fraction of sp³-hybridized carbons (Fsp3) is 0.467. The summed E-state index contributed by atoms with van der Waals surface area (Å²) in [6, 6.07) is 3.74. The van der Waals surface area contributed by atoms with Crippen LogP contribution < -0.4 is 5.32 Å². The first kappa shape index (κ1) is 15.6. The molecule has 1 aliphatic heterocycles. The lowest BCUT2D eigenvalue weighted by Gasteiger charge is -2.22. The maximum absolute atomic E-state index is 12.2. The van der Waals surface area contributed by atoms with Crippen LogP contribution in [0.2, 0.25) is 0 Å². The minimum Gasteiger partial charge on any atom is -0.383 e. The molecule has 2 aromatic rings. The van der Waals surface area contributed by atoms with E-state index in [1.165, 1.54) is 22.7 Å². The predicted molar refractivity (Wildman–Crippen MR) is 86.3 cm³/mol. The lowest BCUT2D eigenvalue weighted by molar-refractivity contribution is 0.0558. The van der Waals surface area contributed by atoms with Gasteiger partial charge in [-0.3, -0.25) is 4.79 Å². The lowest BCUT2D eigenvalue weighted by atomic mass is 10.1. The summed E-state index contributed by atoms with van der Waals surface area (Å²) in [6.07, 6.45) is 3.61. The highest BCUT2D eigenvalue weighted by Crippen LogP contribution is 2.31. The normalized spacial score (nSPS) is 20.7. The molecular formula is C15H18N2O3S2. The van der Waals surface area contributed by atoms with Crippen LogP contribution in [-0.2, 0) is 10.3 Å². The van der Waals surface area contributed by atoms with Crippen LogP contribution in [0.5, 0.6) is 0 Å². The number of nitrogens with one attached hydrogen (secondary N) is 1. The van der Waals surface area contributed by atoms with Crippen LogP contribution >= 0.6 is 22.7 Å². The molecule has 1 amide bonds. The van der Waals surface area contributed by atoms with Gasteiger partial charge in [-0.15, -0.1) is 22.7 Å². The van der Waals surface area contributed by atoms with Crippen molar-refractivity contribution in [2.45, 2.75) is 31.5 Å². The second-order valence-corrected chi connectivity index (χ2v) is 7.51. The van der Waals surface area contributed by atoms with Gasteiger partial charge in [0.15, 0.2) is 0 Å². The zero-order valence-electron chi connectivity index (χ0n) is 12.2. The number of aromatic nitrogens is 1. The van der Waals surface area contributed by atoms with Gasteiger partial charge in [0.2, 0.25) is 0 Å². The molecule has 0 saturated carbocycles. The standard InChI is InChI=1S/C15H18N2O3S2/c1-15(19,12-5-3-7-21-12)9-17-13(18)11-8-16-14(22-11)10-4-2-6-20-10/h3,5,7-8,10,19H,2,4,6,9H2,1H3,(H,17,18). The van der Waals surface area contributed by atoms with Crippen molar-refractivity contribution >= 4 is 28.6 Å². The number of hydrogen-bond donors (Lipinski definition) is 2. The van der Waals surface area contributed by atoms with Crippen molar-refractivity contribution in [3.05, 3.63) is 38.5 Å². The van der Waals surface area contributed by atoms with Crippen LogP contribution in [0.25, 0.3) is 0 Å². The molecule has 118 valence electrons. The summed E-state index contributed by atoms with van der Waals surface area (Å²) >= 11 is 2.83. The van der Waals surface area contributed by atoms with Gasteiger partial charge in [0.1, 0.15) is 21.6 Å². The van der Waals surface area contributed by atoms with E-state index in [1.807, 2.05) is 17.5 Å². The molecule has 1 saturated heterocycles. The molecule has 1 fully saturated rings. The van der Waals surface area contributed by atoms with Crippen molar-refractivity contribution in [1.29, 1.82) is 0 Å². The SMILES string of the molecule is CC(O)(CNC(=O)c1cnc(C2CCCO2)s1)c1cccs1. The number of aliphatic hydroxyl groups is 1. The van der Waals surface area contributed by atoms with Gasteiger partial charge in [-0.1, -0.05) is 6.07 Å². The number of carbonyl (C=O) groups excluding carboxylic acids is 1. The van der Waals surface area contributed by atoms with Gasteiger partial charge >= 0.3 is 0 Å². The minimum absolute atomic E-state index is 0.0285. The van der Waals surface area contributed by atoms with E-state index < -0.39 is 5.60 Å². The second kappa shape index (κ2) is 6.45.